The SMILES string of the molecule is CCC(CN)CC(=O)N(CC(=O)O)C(C)CC. The summed E-state index contributed by atoms with van der Waals surface area (Å²) in [5.74, 6) is -0.943. The van der Waals surface area contributed by atoms with E-state index in [4.69, 9.17) is 10.8 Å². The summed E-state index contributed by atoms with van der Waals surface area (Å²) in [6.07, 6.45) is 1.92. The Morgan fingerprint density at radius 2 is 1.88 bits per heavy atom. The highest BCUT2D eigenvalue weighted by Gasteiger charge is 2.23. The summed E-state index contributed by atoms with van der Waals surface area (Å²) in [5, 5.41) is 8.81. The van der Waals surface area contributed by atoms with Gasteiger partial charge in [0.1, 0.15) is 6.54 Å². The molecule has 2 atom stereocenters. The van der Waals surface area contributed by atoms with Crippen molar-refractivity contribution in [2.45, 2.75) is 46.1 Å². The molecular weight excluding hydrogens is 220 g/mol. The van der Waals surface area contributed by atoms with Gasteiger partial charge < -0.3 is 15.7 Å². The molecule has 0 aliphatic carbocycles. The van der Waals surface area contributed by atoms with Crippen molar-refractivity contribution < 1.29 is 14.7 Å². The molecule has 0 bridgehead atoms. The largest absolute Gasteiger partial charge is 0.480 e. The summed E-state index contributed by atoms with van der Waals surface area (Å²) in [5.41, 5.74) is 5.55. The monoisotopic (exact) mass is 244 g/mol. The zero-order chi connectivity index (χ0) is 13.4. The van der Waals surface area contributed by atoms with E-state index < -0.39 is 5.97 Å². The van der Waals surface area contributed by atoms with Gasteiger partial charge in [0, 0.05) is 12.5 Å². The second-order valence-electron chi connectivity index (χ2n) is 4.39. The van der Waals surface area contributed by atoms with Crippen LogP contribution in [0.2, 0.25) is 0 Å². The number of carbonyl (C=O) groups is 2. The second kappa shape index (κ2) is 8.06. The molecule has 0 aromatic carbocycles. The molecule has 0 spiro atoms. The molecule has 0 aliphatic rings. The van der Waals surface area contributed by atoms with E-state index in [2.05, 4.69) is 0 Å². The summed E-state index contributed by atoms with van der Waals surface area (Å²) >= 11 is 0. The average Bonchev–Trinajstić information content (AvgIpc) is 2.31. The third kappa shape index (κ3) is 5.68. The molecule has 0 aromatic heterocycles. The van der Waals surface area contributed by atoms with Crippen molar-refractivity contribution in [2.24, 2.45) is 11.7 Å². The van der Waals surface area contributed by atoms with Gasteiger partial charge in [0.15, 0.2) is 0 Å². The first-order valence-electron chi connectivity index (χ1n) is 6.17. The van der Waals surface area contributed by atoms with Crippen LogP contribution < -0.4 is 5.73 Å². The minimum absolute atomic E-state index is 0.0473. The molecule has 0 heterocycles. The minimum atomic E-state index is -0.973. The zero-order valence-corrected chi connectivity index (χ0v) is 11.0. The Labute approximate surface area is 103 Å². The van der Waals surface area contributed by atoms with Gasteiger partial charge in [0.2, 0.25) is 5.91 Å². The molecule has 0 saturated carbocycles. The van der Waals surface area contributed by atoms with Gasteiger partial charge in [0.25, 0.3) is 0 Å². The van der Waals surface area contributed by atoms with Gasteiger partial charge in [-0.05, 0) is 25.8 Å². The van der Waals surface area contributed by atoms with Crippen molar-refractivity contribution in [3.8, 4) is 0 Å². The van der Waals surface area contributed by atoms with Crippen molar-refractivity contribution >= 4 is 11.9 Å². The molecule has 0 radical (unpaired) electrons. The molecular formula is C12H24N2O3. The lowest BCUT2D eigenvalue weighted by molar-refractivity contribution is -0.146. The maximum Gasteiger partial charge on any atom is 0.323 e. The van der Waals surface area contributed by atoms with Crippen molar-refractivity contribution in [2.75, 3.05) is 13.1 Å². The number of nitrogens with zero attached hydrogens (tertiary/aromatic N) is 1. The molecule has 5 nitrogen and oxygen atoms in total. The number of carbonyl (C=O) groups excluding carboxylic acids is 1. The van der Waals surface area contributed by atoms with Gasteiger partial charge in [-0.2, -0.15) is 0 Å². The Bertz CT molecular complexity index is 252. The average molecular weight is 244 g/mol. The number of aliphatic carboxylic acids is 1. The fourth-order valence-electron chi connectivity index (χ4n) is 1.61. The lowest BCUT2D eigenvalue weighted by atomic mass is 10.0. The molecule has 1 amide bonds. The Morgan fingerprint density at radius 3 is 2.24 bits per heavy atom. The molecule has 0 rings (SSSR count). The number of nitrogens with two attached hydrogens (primary N) is 1. The van der Waals surface area contributed by atoms with E-state index in [1.165, 1.54) is 4.90 Å². The lowest BCUT2D eigenvalue weighted by Crippen LogP contribution is -2.42. The normalized spacial score (nSPS) is 14.1. The number of carboxylic acid groups (broad SMARTS) is 1. The van der Waals surface area contributed by atoms with E-state index in [1.807, 2.05) is 20.8 Å². The van der Waals surface area contributed by atoms with E-state index in [9.17, 15) is 9.59 Å². The zero-order valence-electron chi connectivity index (χ0n) is 11.0. The van der Waals surface area contributed by atoms with Gasteiger partial charge in [-0.15, -0.1) is 0 Å². The maximum absolute atomic E-state index is 12.0. The number of hydrogen-bond acceptors (Lipinski definition) is 3. The lowest BCUT2D eigenvalue weighted by Gasteiger charge is -2.28. The summed E-state index contributed by atoms with van der Waals surface area (Å²) in [7, 11) is 0. The fraction of sp³-hybridized carbons (Fsp3) is 0.833. The summed E-state index contributed by atoms with van der Waals surface area (Å²) in [6, 6.07) is -0.0473. The van der Waals surface area contributed by atoms with Gasteiger partial charge in [-0.1, -0.05) is 20.3 Å². The second-order valence-corrected chi connectivity index (χ2v) is 4.39. The van der Waals surface area contributed by atoms with Crippen molar-refractivity contribution in [3.63, 3.8) is 0 Å². The summed E-state index contributed by atoms with van der Waals surface area (Å²) in [4.78, 5) is 24.2. The topological polar surface area (TPSA) is 83.6 Å². The van der Waals surface area contributed by atoms with Crippen LogP contribution in [0, 0.1) is 5.92 Å². The molecule has 100 valence electrons. The van der Waals surface area contributed by atoms with Crippen LogP contribution in [0.4, 0.5) is 0 Å². The number of carboxylic acids is 1. The molecule has 17 heavy (non-hydrogen) atoms. The Morgan fingerprint density at radius 1 is 1.29 bits per heavy atom. The highest BCUT2D eigenvalue weighted by Crippen LogP contribution is 2.12. The third-order valence-electron chi connectivity index (χ3n) is 3.12. The first-order chi connectivity index (χ1) is 7.96. The molecule has 2 unspecified atom stereocenters. The van der Waals surface area contributed by atoms with Gasteiger partial charge in [-0.25, -0.2) is 0 Å². The van der Waals surface area contributed by atoms with Crippen molar-refractivity contribution in [1.29, 1.82) is 0 Å². The van der Waals surface area contributed by atoms with E-state index in [1.54, 1.807) is 0 Å². The van der Waals surface area contributed by atoms with Crippen LogP contribution in [0.1, 0.15) is 40.0 Å². The van der Waals surface area contributed by atoms with Crippen LogP contribution in [0.15, 0.2) is 0 Å². The highest BCUT2D eigenvalue weighted by atomic mass is 16.4. The minimum Gasteiger partial charge on any atom is -0.480 e. The molecule has 0 fully saturated rings. The van der Waals surface area contributed by atoms with Crippen molar-refractivity contribution in [3.05, 3.63) is 0 Å². The van der Waals surface area contributed by atoms with E-state index in [-0.39, 0.29) is 24.4 Å². The Balaban J connectivity index is 4.56. The quantitative estimate of drug-likeness (QED) is 0.669. The maximum atomic E-state index is 12.0. The Kier molecular flexibility index (Phi) is 7.54. The molecule has 5 heteroatoms. The van der Waals surface area contributed by atoms with Gasteiger partial charge in [0.05, 0.1) is 0 Å². The van der Waals surface area contributed by atoms with Gasteiger partial charge in [-0.3, -0.25) is 9.59 Å². The molecule has 3 N–H and O–H groups in total. The van der Waals surface area contributed by atoms with Crippen LogP contribution >= 0.6 is 0 Å². The predicted molar refractivity (Wildman–Crippen MR) is 66.6 cm³/mol. The van der Waals surface area contributed by atoms with E-state index >= 15 is 0 Å². The van der Waals surface area contributed by atoms with Crippen LogP contribution in [0.25, 0.3) is 0 Å². The van der Waals surface area contributed by atoms with E-state index in [0.29, 0.717) is 13.0 Å². The van der Waals surface area contributed by atoms with Crippen LogP contribution in [0.3, 0.4) is 0 Å². The van der Waals surface area contributed by atoms with Crippen LogP contribution in [-0.4, -0.2) is 41.0 Å². The van der Waals surface area contributed by atoms with Crippen molar-refractivity contribution in [1.82, 2.24) is 4.90 Å². The van der Waals surface area contributed by atoms with Crippen LogP contribution in [0.5, 0.6) is 0 Å². The standard InChI is InChI=1S/C12H24N2O3/c1-4-9(3)14(8-12(16)17)11(15)6-10(5-2)7-13/h9-10H,4-8,13H2,1-3H3,(H,16,17). The predicted octanol–water partition coefficient (Wildman–Crippen LogP) is 1.07. The van der Waals surface area contributed by atoms with E-state index in [0.717, 1.165) is 12.8 Å². The summed E-state index contributed by atoms with van der Waals surface area (Å²) in [6.45, 7) is 6.02. The molecule has 0 saturated heterocycles. The number of rotatable bonds is 8. The third-order valence-corrected chi connectivity index (χ3v) is 3.12. The highest BCUT2D eigenvalue weighted by molar-refractivity contribution is 5.81. The first kappa shape index (κ1) is 15.9. The summed E-state index contributed by atoms with van der Waals surface area (Å²) < 4.78 is 0. The number of hydrogen-bond donors (Lipinski definition) is 2. The fourth-order valence-corrected chi connectivity index (χ4v) is 1.61. The van der Waals surface area contributed by atoms with Gasteiger partial charge >= 0.3 is 5.97 Å². The molecule has 0 aromatic rings. The smallest absolute Gasteiger partial charge is 0.323 e. The Hall–Kier alpha value is -1.10. The number of amides is 1. The van der Waals surface area contributed by atoms with Crippen LogP contribution in [-0.2, 0) is 9.59 Å². The molecule has 0 aliphatic heterocycles. The first-order valence-corrected chi connectivity index (χ1v) is 6.17.